The van der Waals surface area contributed by atoms with Crippen molar-refractivity contribution in [2.75, 3.05) is 0 Å². The van der Waals surface area contributed by atoms with Gasteiger partial charge in [0.15, 0.2) is 16.6 Å². The first-order valence-electron chi connectivity index (χ1n) is 6.58. The summed E-state index contributed by atoms with van der Waals surface area (Å²) >= 11 is 6.16. The number of fused-ring (bicyclic) bond motifs is 1. The molecule has 5 heteroatoms. The standard InChI is InChI=1S/C14H21ClN4/c1-8(14(4,5)6)7-11-16-17-13-10(3)9(2)12(15)18-19(11)13/h8H,7H2,1-6H3. The van der Waals surface area contributed by atoms with E-state index in [4.69, 9.17) is 11.6 Å². The van der Waals surface area contributed by atoms with Crippen molar-refractivity contribution in [3.8, 4) is 0 Å². The lowest BCUT2D eigenvalue weighted by Crippen LogP contribution is -2.21. The first-order chi connectivity index (χ1) is 8.71. The highest BCUT2D eigenvalue weighted by molar-refractivity contribution is 6.30. The summed E-state index contributed by atoms with van der Waals surface area (Å²) < 4.78 is 1.78. The molecule has 0 saturated heterocycles. The number of hydrogen-bond donors (Lipinski definition) is 0. The van der Waals surface area contributed by atoms with Gasteiger partial charge < -0.3 is 0 Å². The third kappa shape index (κ3) is 2.59. The molecule has 0 amide bonds. The molecule has 2 aromatic rings. The summed E-state index contributed by atoms with van der Waals surface area (Å²) in [6.07, 6.45) is 0.844. The Bertz CT molecular complexity index is 610. The van der Waals surface area contributed by atoms with E-state index in [1.54, 1.807) is 4.52 Å². The molecule has 0 fully saturated rings. The van der Waals surface area contributed by atoms with Crippen molar-refractivity contribution in [3.63, 3.8) is 0 Å². The van der Waals surface area contributed by atoms with Gasteiger partial charge in [-0.25, -0.2) is 0 Å². The van der Waals surface area contributed by atoms with Gasteiger partial charge in [0.1, 0.15) is 0 Å². The van der Waals surface area contributed by atoms with E-state index >= 15 is 0 Å². The van der Waals surface area contributed by atoms with Crippen molar-refractivity contribution >= 4 is 17.2 Å². The lowest BCUT2D eigenvalue weighted by atomic mass is 9.80. The lowest BCUT2D eigenvalue weighted by Gasteiger charge is -2.26. The predicted octanol–water partition coefficient (Wildman–Crippen LogP) is 3.62. The van der Waals surface area contributed by atoms with Crippen LogP contribution in [-0.4, -0.2) is 19.8 Å². The Morgan fingerprint density at radius 1 is 1.16 bits per heavy atom. The minimum absolute atomic E-state index is 0.232. The van der Waals surface area contributed by atoms with Crippen LogP contribution in [0.4, 0.5) is 0 Å². The second-order valence-corrected chi connectivity index (χ2v) is 6.72. The van der Waals surface area contributed by atoms with Gasteiger partial charge in [-0.3, -0.25) is 0 Å². The average Bonchev–Trinajstić information content (AvgIpc) is 2.68. The zero-order valence-corrected chi connectivity index (χ0v) is 13.2. The molecule has 0 radical (unpaired) electrons. The van der Waals surface area contributed by atoms with Crippen molar-refractivity contribution < 1.29 is 0 Å². The maximum absolute atomic E-state index is 6.16. The van der Waals surface area contributed by atoms with E-state index in [2.05, 4.69) is 43.0 Å². The van der Waals surface area contributed by atoms with Gasteiger partial charge in [-0.05, 0) is 30.7 Å². The van der Waals surface area contributed by atoms with E-state index in [1.807, 2.05) is 13.8 Å². The van der Waals surface area contributed by atoms with Crippen LogP contribution in [0.5, 0.6) is 0 Å². The van der Waals surface area contributed by atoms with E-state index in [9.17, 15) is 0 Å². The van der Waals surface area contributed by atoms with Crippen LogP contribution in [0.25, 0.3) is 5.65 Å². The molecule has 0 N–H and O–H groups in total. The molecule has 0 aliphatic rings. The maximum Gasteiger partial charge on any atom is 0.181 e. The fraction of sp³-hybridized carbons (Fsp3) is 0.643. The Morgan fingerprint density at radius 3 is 2.37 bits per heavy atom. The van der Waals surface area contributed by atoms with Gasteiger partial charge in [-0.2, -0.15) is 9.61 Å². The normalized spacial score (nSPS) is 14.1. The topological polar surface area (TPSA) is 43.1 Å². The highest BCUT2D eigenvalue weighted by Gasteiger charge is 2.23. The molecule has 0 bridgehead atoms. The van der Waals surface area contributed by atoms with E-state index in [-0.39, 0.29) is 5.41 Å². The summed E-state index contributed by atoms with van der Waals surface area (Å²) in [6.45, 7) is 12.9. The molecule has 0 aliphatic heterocycles. The third-order valence-electron chi connectivity index (χ3n) is 4.07. The Morgan fingerprint density at radius 2 is 1.79 bits per heavy atom. The van der Waals surface area contributed by atoms with Crippen molar-refractivity contribution in [3.05, 3.63) is 22.1 Å². The van der Waals surface area contributed by atoms with E-state index < -0.39 is 0 Å². The monoisotopic (exact) mass is 280 g/mol. The van der Waals surface area contributed by atoms with Crippen molar-refractivity contribution in [1.29, 1.82) is 0 Å². The number of aromatic nitrogens is 4. The van der Waals surface area contributed by atoms with Crippen LogP contribution in [0.2, 0.25) is 5.15 Å². The molecule has 0 spiro atoms. The molecule has 4 nitrogen and oxygen atoms in total. The second-order valence-electron chi connectivity index (χ2n) is 6.36. The predicted molar refractivity (Wildman–Crippen MR) is 77.6 cm³/mol. The summed E-state index contributed by atoms with van der Waals surface area (Å²) in [5, 5.41) is 13.4. The van der Waals surface area contributed by atoms with Gasteiger partial charge in [0.25, 0.3) is 0 Å². The summed E-state index contributed by atoms with van der Waals surface area (Å²) in [7, 11) is 0. The molecule has 0 aromatic carbocycles. The minimum atomic E-state index is 0.232. The SMILES string of the molecule is Cc1c(Cl)nn2c(CC(C)C(C)(C)C)nnc2c1C. The zero-order chi connectivity index (χ0) is 14.4. The van der Waals surface area contributed by atoms with Gasteiger partial charge >= 0.3 is 0 Å². The number of aryl methyl sites for hydroxylation is 1. The van der Waals surface area contributed by atoms with Gasteiger partial charge in [-0.15, -0.1) is 10.2 Å². The van der Waals surface area contributed by atoms with Crippen molar-refractivity contribution in [1.82, 2.24) is 19.8 Å². The van der Waals surface area contributed by atoms with E-state index in [0.717, 1.165) is 29.0 Å². The van der Waals surface area contributed by atoms with Gasteiger partial charge in [0.2, 0.25) is 0 Å². The first-order valence-corrected chi connectivity index (χ1v) is 6.96. The summed E-state index contributed by atoms with van der Waals surface area (Å²) in [5.41, 5.74) is 3.05. The summed E-state index contributed by atoms with van der Waals surface area (Å²) in [6, 6.07) is 0. The largest absolute Gasteiger partial charge is 0.196 e. The summed E-state index contributed by atoms with van der Waals surface area (Å²) in [5.74, 6) is 1.37. The second kappa shape index (κ2) is 4.75. The van der Waals surface area contributed by atoms with Gasteiger partial charge in [0, 0.05) is 12.0 Å². The van der Waals surface area contributed by atoms with Crippen LogP contribution in [0.15, 0.2) is 0 Å². The molecule has 19 heavy (non-hydrogen) atoms. The Hall–Kier alpha value is -1.16. The highest BCUT2D eigenvalue weighted by Crippen LogP contribution is 2.28. The zero-order valence-electron chi connectivity index (χ0n) is 12.5. The van der Waals surface area contributed by atoms with Crippen LogP contribution >= 0.6 is 11.6 Å². The minimum Gasteiger partial charge on any atom is -0.196 e. The Labute approximate surface area is 119 Å². The highest BCUT2D eigenvalue weighted by atomic mass is 35.5. The van der Waals surface area contributed by atoms with Gasteiger partial charge in [0.05, 0.1) is 0 Å². The molecule has 2 aromatic heterocycles. The number of rotatable bonds is 2. The third-order valence-corrected chi connectivity index (χ3v) is 4.43. The number of halogens is 1. The van der Waals surface area contributed by atoms with Crippen LogP contribution in [-0.2, 0) is 6.42 Å². The van der Waals surface area contributed by atoms with Crippen LogP contribution in [0.3, 0.4) is 0 Å². The van der Waals surface area contributed by atoms with Crippen LogP contribution in [0.1, 0.15) is 44.6 Å². The lowest BCUT2D eigenvalue weighted by molar-refractivity contribution is 0.255. The van der Waals surface area contributed by atoms with Crippen LogP contribution < -0.4 is 0 Å². The summed E-state index contributed by atoms with van der Waals surface area (Å²) in [4.78, 5) is 0. The van der Waals surface area contributed by atoms with Crippen molar-refractivity contribution in [2.24, 2.45) is 11.3 Å². The fourth-order valence-electron chi connectivity index (χ4n) is 1.84. The molecule has 1 unspecified atom stereocenters. The molecule has 2 heterocycles. The average molecular weight is 281 g/mol. The number of hydrogen-bond acceptors (Lipinski definition) is 3. The molecular weight excluding hydrogens is 260 g/mol. The van der Waals surface area contributed by atoms with Crippen LogP contribution in [0, 0.1) is 25.2 Å². The number of nitrogens with zero attached hydrogens (tertiary/aromatic N) is 4. The molecule has 0 aliphatic carbocycles. The van der Waals surface area contributed by atoms with E-state index in [0.29, 0.717) is 11.1 Å². The molecule has 1 atom stereocenters. The van der Waals surface area contributed by atoms with Crippen molar-refractivity contribution in [2.45, 2.75) is 48.0 Å². The fourth-order valence-corrected chi connectivity index (χ4v) is 2.06. The van der Waals surface area contributed by atoms with E-state index in [1.165, 1.54) is 0 Å². The first kappa shape index (κ1) is 14.3. The molecule has 104 valence electrons. The Balaban J connectivity index is 2.47. The Kier molecular flexibility index (Phi) is 3.56. The molecule has 2 rings (SSSR count). The maximum atomic E-state index is 6.16. The molecule has 0 saturated carbocycles. The quantitative estimate of drug-likeness (QED) is 0.844. The smallest absolute Gasteiger partial charge is 0.181 e. The van der Waals surface area contributed by atoms with Gasteiger partial charge in [-0.1, -0.05) is 39.3 Å². The molecular formula is C14H21ClN4.